The van der Waals surface area contributed by atoms with Gasteiger partial charge in [0.1, 0.15) is 0 Å². The average molecular weight is 194 g/mol. The molecule has 0 aliphatic heterocycles. The zero-order chi connectivity index (χ0) is 10.9. The molecule has 0 spiro atoms. The number of nitrogen functional groups attached to an aromatic ring is 1. The van der Waals surface area contributed by atoms with Crippen LogP contribution in [0.15, 0.2) is 18.2 Å². The van der Waals surface area contributed by atoms with Crippen molar-refractivity contribution in [3.8, 4) is 0 Å². The molecule has 0 atom stereocenters. The number of anilines is 1. The minimum absolute atomic E-state index is 0.395. The number of hydrogen-bond acceptors (Lipinski definition) is 4. The highest BCUT2D eigenvalue weighted by Gasteiger charge is 2.24. The molecule has 14 heavy (non-hydrogen) atoms. The highest BCUT2D eigenvalue weighted by Crippen LogP contribution is 2.17. The van der Waals surface area contributed by atoms with E-state index in [2.05, 4.69) is 0 Å². The van der Waals surface area contributed by atoms with Crippen LogP contribution in [0.5, 0.6) is 0 Å². The first kappa shape index (κ1) is 11.0. The maximum Gasteiger partial charge on any atom is 0.488 e. The van der Waals surface area contributed by atoms with Crippen LogP contribution in [0, 0.1) is 0 Å². The standard InChI is InChI=1S/C9H15BN2O2/c1-9(2,12)7-5-6(11)3-4-8(7)10(13)14/h3-5,13-14H,11-12H2,1-2H3. The molecule has 0 heterocycles. The summed E-state index contributed by atoms with van der Waals surface area (Å²) in [7, 11) is -1.52. The Morgan fingerprint density at radius 3 is 2.29 bits per heavy atom. The van der Waals surface area contributed by atoms with Crippen molar-refractivity contribution in [2.45, 2.75) is 19.4 Å². The predicted octanol–water partition coefficient (Wildman–Crippen LogP) is -0.858. The lowest BCUT2D eigenvalue weighted by Crippen LogP contribution is -2.42. The SMILES string of the molecule is CC(C)(N)c1cc(N)ccc1B(O)O. The van der Waals surface area contributed by atoms with Gasteiger partial charge in [-0.25, -0.2) is 0 Å². The van der Waals surface area contributed by atoms with E-state index < -0.39 is 12.7 Å². The van der Waals surface area contributed by atoms with E-state index in [1.165, 1.54) is 0 Å². The van der Waals surface area contributed by atoms with Crippen molar-refractivity contribution in [3.63, 3.8) is 0 Å². The fourth-order valence-corrected chi connectivity index (χ4v) is 1.36. The summed E-state index contributed by atoms with van der Waals surface area (Å²) in [5.74, 6) is 0. The monoisotopic (exact) mass is 194 g/mol. The molecule has 1 aromatic carbocycles. The van der Waals surface area contributed by atoms with Gasteiger partial charge < -0.3 is 21.5 Å². The van der Waals surface area contributed by atoms with E-state index in [4.69, 9.17) is 21.5 Å². The van der Waals surface area contributed by atoms with Crippen LogP contribution in [0.4, 0.5) is 5.69 Å². The molecule has 0 radical (unpaired) electrons. The van der Waals surface area contributed by atoms with E-state index in [1.54, 1.807) is 32.0 Å². The summed E-state index contributed by atoms with van der Waals surface area (Å²) >= 11 is 0. The Balaban J connectivity index is 3.30. The second-order valence-electron chi connectivity index (χ2n) is 3.94. The van der Waals surface area contributed by atoms with Gasteiger partial charge in [0.05, 0.1) is 0 Å². The van der Waals surface area contributed by atoms with Gasteiger partial charge in [-0.2, -0.15) is 0 Å². The van der Waals surface area contributed by atoms with E-state index in [0.29, 0.717) is 16.7 Å². The van der Waals surface area contributed by atoms with Crippen LogP contribution in [-0.2, 0) is 5.54 Å². The maximum atomic E-state index is 9.12. The second kappa shape index (κ2) is 3.61. The number of nitrogens with two attached hydrogens (primary N) is 2. The van der Waals surface area contributed by atoms with Gasteiger partial charge in [0, 0.05) is 11.2 Å². The van der Waals surface area contributed by atoms with Crippen molar-refractivity contribution in [1.82, 2.24) is 0 Å². The molecule has 4 nitrogen and oxygen atoms in total. The second-order valence-corrected chi connectivity index (χ2v) is 3.94. The first-order valence-corrected chi connectivity index (χ1v) is 4.37. The molecule has 0 unspecified atom stereocenters. The van der Waals surface area contributed by atoms with Gasteiger partial charge >= 0.3 is 7.12 Å². The molecule has 0 aromatic heterocycles. The van der Waals surface area contributed by atoms with Gasteiger partial charge in [0.15, 0.2) is 0 Å². The van der Waals surface area contributed by atoms with Crippen LogP contribution in [-0.4, -0.2) is 17.2 Å². The summed E-state index contributed by atoms with van der Waals surface area (Å²) in [5, 5.41) is 18.2. The fourth-order valence-electron chi connectivity index (χ4n) is 1.36. The highest BCUT2D eigenvalue weighted by molar-refractivity contribution is 6.59. The van der Waals surface area contributed by atoms with Crippen LogP contribution in [0.2, 0.25) is 0 Å². The molecular formula is C9H15BN2O2. The van der Waals surface area contributed by atoms with Gasteiger partial charge in [-0.15, -0.1) is 0 Å². The molecule has 0 aliphatic rings. The lowest BCUT2D eigenvalue weighted by atomic mass is 9.72. The summed E-state index contributed by atoms with van der Waals surface area (Å²) in [6.45, 7) is 3.57. The molecule has 0 amide bonds. The maximum absolute atomic E-state index is 9.12. The van der Waals surface area contributed by atoms with E-state index in [0.717, 1.165) is 0 Å². The molecule has 6 N–H and O–H groups in total. The Labute approximate surface area is 83.7 Å². The third-order valence-corrected chi connectivity index (χ3v) is 2.05. The summed E-state index contributed by atoms with van der Waals surface area (Å²) in [6, 6.07) is 4.85. The average Bonchev–Trinajstić information content (AvgIpc) is 2.01. The van der Waals surface area contributed by atoms with Crippen molar-refractivity contribution in [2.24, 2.45) is 5.73 Å². The van der Waals surface area contributed by atoms with Crippen molar-refractivity contribution in [1.29, 1.82) is 0 Å². The smallest absolute Gasteiger partial charge is 0.423 e. The van der Waals surface area contributed by atoms with Gasteiger partial charge in [-0.1, -0.05) is 6.07 Å². The molecule has 1 aromatic rings. The molecule has 76 valence electrons. The van der Waals surface area contributed by atoms with Crippen LogP contribution in [0.25, 0.3) is 0 Å². The predicted molar refractivity (Wildman–Crippen MR) is 57.9 cm³/mol. The third kappa shape index (κ3) is 2.26. The van der Waals surface area contributed by atoms with E-state index in [9.17, 15) is 0 Å². The van der Waals surface area contributed by atoms with E-state index in [1.807, 2.05) is 0 Å². The quantitative estimate of drug-likeness (QED) is 0.364. The van der Waals surface area contributed by atoms with Crippen molar-refractivity contribution in [2.75, 3.05) is 5.73 Å². The van der Waals surface area contributed by atoms with Gasteiger partial charge in [0.25, 0.3) is 0 Å². The van der Waals surface area contributed by atoms with Crippen molar-refractivity contribution in [3.05, 3.63) is 23.8 Å². The Morgan fingerprint density at radius 1 is 1.29 bits per heavy atom. The van der Waals surface area contributed by atoms with Crippen LogP contribution in [0.1, 0.15) is 19.4 Å². The zero-order valence-corrected chi connectivity index (χ0v) is 8.36. The number of rotatable bonds is 2. The van der Waals surface area contributed by atoms with Crippen LogP contribution >= 0.6 is 0 Å². The normalized spacial score (nSPS) is 11.5. The van der Waals surface area contributed by atoms with E-state index in [-0.39, 0.29) is 0 Å². The van der Waals surface area contributed by atoms with Crippen LogP contribution in [0.3, 0.4) is 0 Å². The van der Waals surface area contributed by atoms with Gasteiger partial charge in [-0.05, 0) is 37.0 Å². The molecule has 0 aliphatic carbocycles. The third-order valence-electron chi connectivity index (χ3n) is 2.05. The molecule has 0 saturated carbocycles. The summed E-state index contributed by atoms with van der Waals surface area (Å²) < 4.78 is 0. The molecular weight excluding hydrogens is 179 g/mol. The Kier molecular flexibility index (Phi) is 2.85. The van der Waals surface area contributed by atoms with E-state index >= 15 is 0 Å². The zero-order valence-electron chi connectivity index (χ0n) is 8.36. The minimum atomic E-state index is -1.52. The molecule has 0 saturated heterocycles. The highest BCUT2D eigenvalue weighted by atomic mass is 16.4. The van der Waals surface area contributed by atoms with Crippen molar-refractivity contribution >= 4 is 18.3 Å². The molecule has 1 rings (SSSR count). The molecule has 5 heteroatoms. The lowest BCUT2D eigenvalue weighted by Gasteiger charge is -2.23. The molecule has 0 bridgehead atoms. The largest absolute Gasteiger partial charge is 0.488 e. The minimum Gasteiger partial charge on any atom is -0.423 e. The summed E-state index contributed by atoms with van der Waals surface area (Å²) in [5.41, 5.74) is 12.4. The summed E-state index contributed by atoms with van der Waals surface area (Å²) in [6.07, 6.45) is 0. The Hall–Kier alpha value is -1.04. The lowest BCUT2D eigenvalue weighted by molar-refractivity contribution is 0.423. The molecule has 0 fully saturated rings. The topological polar surface area (TPSA) is 92.5 Å². The van der Waals surface area contributed by atoms with Crippen molar-refractivity contribution < 1.29 is 10.0 Å². The Morgan fingerprint density at radius 2 is 1.86 bits per heavy atom. The number of benzene rings is 1. The number of hydrogen-bond donors (Lipinski definition) is 4. The van der Waals surface area contributed by atoms with Gasteiger partial charge in [0.2, 0.25) is 0 Å². The Bertz CT molecular complexity index is 334. The first-order valence-electron chi connectivity index (χ1n) is 4.37. The summed E-state index contributed by atoms with van der Waals surface area (Å²) in [4.78, 5) is 0. The first-order chi connectivity index (χ1) is 6.32. The van der Waals surface area contributed by atoms with Crippen LogP contribution < -0.4 is 16.9 Å². The fraction of sp³-hybridized carbons (Fsp3) is 0.333. The van der Waals surface area contributed by atoms with Gasteiger partial charge in [-0.3, -0.25) is 0 Å².